The van der Waals surface area contributed by atoms with Gasteiger partial charge in [0.1, 0.15) is 11.5 Å². The number of hydrogen-bond acceptors (Lipinski definition) is 3. The summed E-state index contributed by atoms with van der Waals surface area (Å²) in [6.45, 7) is 2.35. The Kier molecular flexibility index (Phi) is 6.68. The van der Waals surface area contributed by atoms with Crippen molar-refractivity contribution < 1.29 is 19.4 Å². The zero-order valence-corrected chi connectivity index (χ0v) is 15.9. The SMILES string of the molecule is CCCCOc1cc(-c2ccccc2)c(OCC(=O)O)c(-c2ccccc2)c1. The van der Waals surface area contributed by atoms with Gasteiger partial charge in [-0.15, -0.1) is 0 Å². The Morgan fingerprint density at radius 2 is 1.39 bits per heavy atom. The van der Waals surface area contributed by atoms with Gasteiger partial charge in [0.2, 0.25) is 0 Å². The first-order chi connectivity index (χ1) is 13.7. The summed E-state index contributed by atoms with van der Waals surface area (Å²) in [6, 6.07) is 23.5. The molecule has 0 saturated carbocycles. The number of carboxylic acids is 1. The van der Waals surface area contributed by atoms with E-state index >= 15 is 0 Å². The molecule has 0 atom stereocenters. The molecule has 4 nitrogen and oxygen atoms in total. The standard InChI is InChI=1S/C24H24O4/c1-2-3-14-27-20-15-21(18-10-6-4-7-11-18)24(28-17-23(25)26)22(16-20)19-12-8-5-9-13-19/h4-13,15-16H,2-3,14,17H2,1H3,(H,25,26). The van der Waals surface area contributed by atoms with Gasteiger partial charge in [0.05, 0.1) is 6.61 Å². The number of ether oxygens (including phenoxy) is 2. The fraction of sp³-hybridized carbons (Fsp3) is 0.208. The van der Waals surface area contributed by atoms with Crippen LogP contribution in [-0.2, 0) is 4.79 Å². The molecule has 3 aromatic carbocycles. The van der Waals surface area contributed by atoms with Crippen LogP contribution in [0.3, 0.4) is 0 Å². The van der Waals surface area contributed by atoms with Crippen LogP contribution in [0.5, 0.6) is 11.5 Å². The maximum atomic E-state index is 11.2. The lowest BCUT2D eigenvalue weighted by atomic mass is 9.96. The number of unbranched alkanes of at least 4 members (excludes halogenated alkanes) is 1. The van der Waals surface area contributed by atoms with E-state index in [0.29, 0.717) is 12.4 Å². The summed E-state index contributed by atoms with van der Waals surface area (Å²) in [5.74, 6) is 0.276. The summed E-state index contributed by atoms with van der Waals surface area (Å²) >= 11 is 0. The lowest BCUT2D eigenvalue weighted by Gasteiger charge is -2.18. The molecule has 0 saturated heterocycles. The van der Waals surface area contributed by atoms with Gasteiger partial charge in [-0.3, -0.25) is 0 Å². The molecule has 144 valence electrons. The molecule has 1 N–H and O–H groups in total. The Labute approximate surface area is 165 Å². The minimum Gasteiger partial charge on any atom is -0.494 e. The van der Waals surface area contributed by atoms with E-state index in [0.717, 1.165) is 40.8 Å². The molecule has 0 aliphatic heterocycles. The Morgan fingerprint density at radius 1 is 0.857 bits per heavy atom. The van der Waals surface area contributed by atoms with E-state index < -0.39 is 12.6 Å². The number of rotatable bonds is 9. The summed E-state index contributed by atoms with van der Waals surface area (Å²) in [5.41, 5.74) is 3.52. The zero-order valence-electron chi connectivity index (χ0n) is 15.9. The van der Waals surface area contributed by atoms with Crippen LogP contribution in [0.1, 0.15) is 19.8 Å². The lowest BCUT2D eigenvalue weighted by molar-refractivity contribution is -0.139. The van der Waals surface area contributed by atoms with Gasteiger partial charge in [-0.1, -0.05) is 74.0 Å². The molecule has 0 radical (unpaired) electrons. The van der Waals surface area contributed by atoms with E-state index in [1.54, 1.807) is 0 Å². The van der Waals surface area contributed by atoms with Crippen molar-refractivity contribution in [3.8, 4) is 33.8 Å². The zero-order chi connectivity index (χ0) is 19.8. The van der Waals surface area contributed by atoms with Crippen molar-refractivity contribution in [2.75, 3.05) is 13.2 Å². The van der Waals surface area contributed by atoms with Gasteiger partial charge in [-0.25, -0.2) is 4.79 Å². The summed E-state index contributed by atoms with van der Waals surface area (Å²) in [7, 11) is 0. The fourth-order valence-corrected chi connectivity index (χ4v) is 2.97. The first-order valence-electron chi connectivity index (χ1n) is 9.45. The first kappa shape index (κ1) is 19.5. The Bertz CT molecular complexity index is 844. The second-order valence-electron chi connectivity index (χ2n) is 6.46. The lowest BCUT2D eigenvalue weighted by Crippen LogP contribution is -2.11. The predicted molar refractivity (Wildman–Crippen MR) is 111 cm³/mol. The van der Waals surface area contributed by atoms with Gasteiger partial charge in [-0.05, 0) is 29.7 Å². The average Bonchev–Trinajstić information content (AvgIpc) is 2.73. The summed E-state index contributed by atoms with van der Waals surface area (Å²) in [4.78, 5) is 11.2. The highest BCUT2D eigenvalue weighted by atomic mass is 16.5. The maximum absolute atomic E-state index is 11.2. The molecular weight excluding hydrogens is 352 g/mol. The van der Waals surface area contributed by atoms with E-state index in [1.165, 1.54) is 0 Å². The quantitative estimate of drug-likeness (QED) is 0.489. The van der Waals surface area contributed by atoms with E-state index in [2.05, 4.69) is 6.92 Å². The number of hydrogen-bond donors (Lipinski definition) is 1. The second kappa shape index (κ2) is 9.60. The molecule has 28 heavy (non-hydrogen) atoms. The highest BCUT2D eigenvalue weighted by Gasteiger charge is 2.17. The van der Waals surface area contributed by atoms with Gasteiger partial charge >= 0.3 is 5.97 Å². The third-order valence-electron chi connectivity index (χ3n) is 4.34. The number of benzene rings is 3. The van der Waals surface area contributed by atoms with E-state index in [-0.39, 0.29) is 0 Å². The molecule has 0 aliphatic carbocycles. The normalized spacial score (nSPS) is 10.5. The van der Waals surface area contributed by atoms with Crippen molar-refractivity contribution in [2.45, 2.75) is 19.8 Å². The second-order valence-corrected chi connectivity index (χ2v) is 6.46. The predicted octanol–water partition coefficient (Wildman–Crippen LogP) is 5.66. The van der Waals surface area contributed by atoms with Crippen LogP contribution in [0, 0.1) is 0 Å². The van der Waals surface area contributed by atoms with Crippen molar-refractivity contribution in [1.29, 1.82) is 0 Å². The molecule has 0 unspecified atom stereocenters. The minimum absolute atomic E-state index is 0.407. The van der Waals surface area contributed by atoms with Gasteiger partial charge in [0, 0.05) is 11.1 Å². The molecule has 0 aliphatic rings. The molecule has 0 bridgehead atoms. The van der Waals surface area contributed by atoms with Crippen molar-refractivity contribution in [3.63, 3.8) is 0 Å². The fourth-order valence-electron chi connectivity index (χ4n) is 2.97. The van der Waals surface area contributed by atoms with Crippen LogP contribution >= 0.6 is 0 Å². The van der Waals surface area contributed by atoms with Crippen molar-refractivity contribution in [3.05, 3.63) is 72.8 Å². The van der Waals surface area contributed by atoms with Crippen molar-refractivity contribution in [1.82, 2.24) is 0 Å². The summed E-state index contributed by atoms with van der Waals surface area (Å²) in [5, 5.41) is 9.15. The number of carboxylic acid groups (broad SMARTS) is 1. The smallest absolute Gasteiger partial charge is 0.341 e. The maximum Gasteiger partial charge on any atom is 0.341 e. The van der Waals surface area contributed by atoms with Crippen LogP contribution in [-0.4, -0.2) is 24.3 Å². The van der Waals surface area contributed by atoms with E-state index in [9.17, 15) is 4.79 Å². The average molecular weight is 376 g/mol. The number of aliphatic carboxylic acids is 1. The van der Waals surface area contributed by atoms with Crippen molar-refractivity contribution in [2.24, 2.45) is 0 Å². The topological polar surface area (TPSA) is 55.8 Å². The molecule has 0 amide bonds. The van der Waals surface area contributed by atoms with Crippen LogP contribution in [0.2, 0.25) is 0 Å². The highest BCUT2D eigenvalue weighted by Crippen LogP contribution is 2.42. The van der Waals surface area contributed by atoms with E-state index in [1.807, 2.05) is 72.8 Å². The molecular formula is C24H24O4. The third-order valence-corrected chi connectivity index (χ3v) is 4.34. The van der Waals surface area contributed by atoms with Gasteiger partial charge in [-0.2, -0.15) is 0 Å². The molecule has 3 rings (SSSR count). The Morgan fingerprint density at radius 3 is 1.86 bits per heavy atom. The Balaban J connectivity index is 2.15. The largest absolute Gasteiger partial charge is 0.494 e. The van der Waals surface area contributed by atoms with Crippen LogP contribution in [0.25, 0.3) is 22.3 Å². The minimum atomic E-state index is -1.01. The first-order valence-corrected chi connectivity index (χ1v) is 9.45. The van der Waals surface area contributed by atoms with Gasteiger partial charge < -0.3 is 14.6 Å². The summed E-state index contributed by atoms with van der Waals surface area (Å²) < 4.78 is 11.7. The van der Waals surface area contributed by atoms with Gasteiger partial charge in [0.25, 0.3) is 0 Å². The molecule has 0 spiro atoms. The molecule has 0 fully saturated rings. The van der Waals surface area contributed by atoms with E-state index in [4.69, 9.17) is 14.6 Å². The van der Waals surface area contributed by atoms with Crippen LogP contribution < -0.4 is 9.47 Å². The third kappa shape index (κ3) is 4.92. The number of carbonyl (C=O) groups is 1. The molecule has 4 heteroatoms. The Hall–Kier alpha value is -3.27. The monoisotopic (exact) mass is 376 g/mol. The van der Waals surface area contributed by atoms with Crippen LogP contribution in [0.15, 0.2) is 72.8 Å². The van der Waals surface area contributed by atoms with Gasteiger partial charge in [0.15, 0.2) is 6.61 Å². The molecule has 0 aromatic heterocycles. The van der Waals surface area contributed by atoms with Crippen molar-refractivity contribution >= 4 is 5.97 Å². The highest BCUT2D eigenvalue weighted by molar-refractivity contribution is 5.84. The van der Waals surface area contributed by atoms with Crippen LogP contribution in [0.4, 0.5) is 0 Å². The molecule has 3 aromatic rings. The summed E-state index contributed by atoms with van der Waals surface area (Å²) in [6.07, 6.45) is 2.02. The molecule has 0 heterocycles.